The van der Waals surface area contributed by atoms with Crippen LogP contribution < -0.4 is 10.0 Å². The molecule has 2 N–H and O–H groups in total. The molecule has 8 heteroatoms. The first-order chi connectivity index (χ1) is 13.5. The van der Waals surface area contributed by atoms with Gasteiger partial charge in [0.25, 0.3) is 15.9 Å². The molecule has 7 nitrogen and oxygen atoms in total. The summed E-state index contributed by atoms with van der Waals surface area (Å²) in [6.45, 7) is 8.61. The fraction of sp³-hybridized carbons (Fsp3) is 0.333. The van der Waals surface area contributed by atoms with Crippen LogP contribution in [0.5, 0.6) is 0 Å². The van der Waals surface area contributed by atoms with Crippen molar-refractivity contribution in [2.45, 2.75) is 51.7 Å². The lowest BCUT2D eigenvalue weighted by Gasteiger charge is -2.16. The number of benzene rings is 2. The zero-order valence-electron chi connectivity index (χ0n) is 17.1. The van der Waals surface area contributed by atoms with Crippen molar-refractivity contribution < 1.29 is 22.7 Å². The van der Waals surface area contributed by atoms with Crippen molar-refractivity contribution in [2.24, 2.45) is 0 Å². The van der Waals surface area contributed by atoms with E-state index in [0.717, 1.165) is 5.56 Å². The monoisotopic (exact) mass is 418 g/mol. The predicted octanol–water partition coefficient (Wildman–Crippen LogP) is 3.17. The highest BCUT2D eigenvalue weighted by molar-refractivity contribution is 7.92. The number of ether oxygens (including phenoxy) is 1. The van der Waals surface area contributed by atoms with Gasteiger partial charge in [0.05, 0.1) is 10.5 Å². The van der Waals surface area contributed by atoms with Crippen LogP contribution in [0.15, 0.2) is 47.4 Å². The van der Waals surface area contributed by atoms with Crippen molar-refractivity contribution in [2.75, 3.05) is 4.72 Å². The molecular weight excluding hydrogens is 392 g/mol. The van der Waals surface area contributed by atoms with Crippen molar-refractivity contribution in [3.05, 3.63) is 59.2 Å². The predicted molar refractivity (Wildman–Crippen MR) is 111 cm³/mol. The van der Waals surface area contributed by atoms with Crippen LogP contribution in [0.4, 0.5) is 5.69 Å². The third kappa shape index (κ3) is 6.05. The molecule has 0 radical (unpaired) electrons. The average Bonchev–Trinajstić information content (AvgIpc) is 2.62. The quantitative estimate of drug-likeness (QED) is 0.673. The third-order valence-electron chi connectivity index (χ3n) is 4.07. The molecule has 0 aromatic heterocycles. The summed E-state index contributed by atoms with van der Waals surface area (Å²) < 4.78 is 33.2. The van der Waals surface area contributed by atoms with Crippen LogP contribution in [0, 0.1) is 13.8 Å². The summed E-state index contributed by atoms with van der Waals surface area (Å²) in [6, 6.07) is 11.0. The Labute approximate surface area is 171 Å². The molecule has 0 unspecified atom stereocenters. The number of hydrogen-bond acceptors (Lipinski definition) is 5. The van der Waals surface area contributed by atoms with Crippen molar-refractivity contribution >= 4 is 27.6 Å². The normalized spacial score (nSPS) is 12.3. The van der Waals surface area contributed by atoms with E-state index in [0.29, 0.717) is 5.56 Å². The van der Waals surface area contributed by atoms with Gasteiger partial charge in [-0.1, -0.05) is 18.2 Å². The molecular formula is C21H26N2O5S. The van der Waals surface area contributed by atoms with Crippen molar-refractivity contribution in [3.8, 4) is 0 Å². The Bertz CT molecular complexity index is 1020. The van der Waals surface area contributed by atoms with Crippen LogP contribution in [0.3, 0.4) is 0 Å². The van der Waals surface area contributed by atoms with E-state index in [4.69, 9.17) is 4.74 Å². The summed E-state index contributed by atoms with van der Waals surface area (Å²) in [5.74, 6) is -1.12. The number of carbonyl (C=O) groups excluding carboxylic acids is 2. The maximum Gasteiger partial charge on any atom is 0.338 e. The SMILES string of the molecule is Cc1ccc(C)c(S(=O)(=O)Nc2cccc(C(=O)O[C@@H](C)C(=O)NC(C)C)c2)c1. The van der Waals surface area contributed by atoms with Gasteiger partial charge in [-0.2, -0.15) is 0 Å². The number of carbonyl (C=O) groups is 2. The molecule has 0 saturated heterocycles. The fourth-order valence-electron chi connectivity index (χ4n) is 2.60. The number of esters is 1. The van der Waals surface area contributed by atoms with Gasteiger partial charge in [-0.15, -0.1) is 0 Å². The molecule has 156 valence electrons. The first-order valence-corrected chi connectivity index (χ1v) is 10.7. The first kappa shape index (κ1) is 22.4. The molecule has 0 bridgehead atoms. The standard InChI is InChI=1S/C21H26N2O5S/c1-13(2)22-20(24)16(5)28-21(25)17-7-6-8-18(12-17)23-29(26,27)19-11-14(3)9-10-15(19)4/h6-13,16,23H,1-5H3,(H,22,24)/t16-/m0/s1. The topological polar surface area (TPSA) is 102 Å². The Kier molecular flexibility index (Phi) is 7.02. The zero-order chi connectivity index (χ0) is 21.8. The number of hydrogen-bond donors (Lipinski definition) is 2. The third-order valence-corrected chi connectivity index (χ3v) is 5.59. The highest BCUT2D eigenvalue weighted by Gasteiger charge is 2.21. The van der Waals surface area contributed by atoms with E-state index in [1.54, 1.807) is 32.9 Å². The lowest BCUT2D eigenvalue weighted by Crippen LogP contribution is -2.39. The number of sulfonamides is 1. The van der Waals surface area contributed by atoms with Gasteiger partial charge in [-0.3, -0.25) is 9.52 Å². The van der Waals surface area contributed by atoms with Gasteiger partial charge in [0.1, 0.15) is 0 Å². The van der Waals surface area contributed by atoms with Crippen LogP contribution in [-0.4, -0.2) is 32.4 Å². The number of nitrogens with one attached hydrogen (secondary N) is 2. The molecule has 0 spiro atoms. The molecule has 0 fully saturated rings. The van der Waals surface area contributed by atoms with Gasteiger partial charge in [-0.05, 0) is 70.0 Å². The maximum atomic E-state index is 12.7. The van der Waals surface area contributed by atoms with E-state index in [-0.39, 0.29) is 22.2 Å². The van der Waals surface area contributed by atoms with Gasteiger partial charge >= 0.3 is 5.97 Å². The largest absolute Gasteiger partial charge is 0.449 e. The van der Waals surface area contributed by atoms with Crippen LogP contribution >= 0.6 is 0 Å². The minimum atomic E-state index is -3.83. The highest BCUT2D eigenvalue weighted by Crippen LogP contribution is 2.21. The van der Waals surface area contributed by atoms with Crippen LogP contribution in [0.2, 0.25) is 0 Å². The summed E-state index contributed by atoms with van der Waals surface area (Å²) in [4.78, 5) is 24.4. The number of rotatable bonds is 7. The van der Waals surface area contributed by atoms with Gasteiger partial charge in [0.2, 0.25) is 0 Å². The molecule has 2 aromatic carbocycles. The van der Waals surface area contributed by atoms with Crippen molar-refractivity contribution in [1.29, 1.82) is 0 Å². The van der Waals surface area contributed by atoms with E-state index in [1.807, 2.05) is 13.0 Å². The smallest absolute Gasteiger partial charge is 0.338 e. The lowest BCUT2D eigenvalue weighted by atomic mass is 10.2. The molecule has 0 aliphatic heterocycles. The Morgan fingerprint density at radius 3 is 2.34 bits per heavy atom. The van der Waals surface area contributed by atoms with Gasteiger partial charge in [0, 0.05) is 11.7 Å². The maximum absolute atomic E-state index is 12.7. The van der Waals surface area contributed by atoms with E-state index in [2.05, 4.69) is 10.0 Å². The summed E-state index contributed by atoms with van der Waals surface area (Å²) in [5.41, 5.74) is 1.79. The van der Waals surface area contributed by atoms with Gasteiger partial charge in [0.15, 0.2) is 6.10 Å². The lowest BCUT2D eigenvalue weighted by molar-refractivity contribution is -0.129. The minimum Gasteiger partial charge on any atom is -0.449 e. The summed E-state index contributed by atoms with van der Waals surface area (Å²) in [7, 11) is -3.83. The second-order valence-corrected chi connectivity index (χ2v) is 8.82. The molecule has 29 heavy (non-hydrogen) atoms. The molecule has 2 rings (SSSR count). The Hall–Kier alpha value is -2.87. The van der Waals surface area contributed by atoms with E-state index < -0.39 is 28.0 Å². The molecule has 1 atom stereocenters. The van der Waals surface area contributed by atoms with E-state index >= 15 is 0 Å². The molecule has 2 aromatic rings. The Morgan fingerprint density at radius 2 is 1.69 bits per heavy atom. The number of aryl methyl sites for hydroxylation is 2. The first-order valence-electron chi connectivity index (χ1n) is 9.21. The van der Waals surface area contributed by atoms with Crippen LogP contribution in [-0.2, 0) is 19.6 Å². The number of amides is 1. The second-order valence-electron chi connectivity index (χ2n) is 7.17. The average molecular weight is 419 g/mol. The molecule has 0 heterocycles. The zero-order valence-corrected chi connectivity index (χ0v) is 18.0. The Morgan fingerprint density at radius 1 is 1.00 bits per heavy atom. The van der Waals surface area contributed by atoms with E-state index in [1.165, 1.54) is 31.2 Å². The van der Waals surface area contributed by atoms with Gasteiger partial charge < -0.3 is 10.1 Å². The summed E-state index contributed by atoms with van der Waals surface area (Å²) >= 11 is 0. The second kappa shape index (κ2) is 9.09. The van der Waals surface area contributed by atoms with Gasteiger partial charge in [-0.25, -0.2) is 13.2 Å². The van der Waals surface area contributed by atoms with Crippen LogP contribution in [0.1, 0.15) is 42.3 Å². The van der Waals surface area contributed by atoms with Crippen molar-refractivity contribution in [1.82, 2.24) is 5.32 Å². The van der Waals surface area contributed by atoms with E-state index in [9.17, 15) is 18.0 Å². The summed E-state index contributed by atoms with van der Waals surface area (Å²) in [6.07, 6.45) is -0.972. The minimum absolute atomic E-state index is 0.0773. The molecule has 0 aliphatic carbocycles. The van der Waals surface area contributed by atoms with Crippen LogP contribution in [0.25, 0.3) is 0 Å². The molecule has 1 amide bonds. The molecule has 0 saturated carbocycles. The number of anilines is 1. The highest BCUT2D eigenvalue weighted by atomic mass is 32.2. The Balaban J connectivity index is 2.18. The molecule has 0 aliphatic rings. The van der Waals surface area contributed by atoms with Crippen molar-refractivity contribution in [3.63, 3.8) is 0 Å². The summed E-state index contributed by atoms with van der Waals surface area (Å²) in [5, 5.41) is 2.66. The fourth-order valence-corrected chi connectivity index (χ4v) is 3.98.